The number of carbonyl (C=O) groups is 2. The lowest BCUT2D eigenvalue weighted by atomic mass is 9.98. The summed E-state index contributed by atoms with van der Waals surface area (Å²) in [6, 6.07) is 11.1. The first-order valence-corrected chi connectivity index (χ1v) is 8.88. The van der Waals surface area contributed by atoms with Crippen LogP contribution >= 0.6 is 0 Å². The maximum atomic E-state index is 12.6. The van der Waals surface area contributed by atoms with Crippen molar-refractivity contribution in [1.29, 1.82) is 0 Å². The summed E-state index contributed by atoms with van der Waals surface area (Å²) in [5.74, 6) is 1.45. The van der Waals surface area contributed by atoms with Gasteiger partial charge in [-0.15, -0.1) is 0 Å². The van der Waals surface area contributed by atoms with Gasteiger partial charge in [-0.2, -0.15) is 0 Å². The van der Waals surface area contributed by atoms with Crippen LogP contribution in [0.25, 0.3) is 0 Å². The largest absolute Gasteiger partial charge is 0.493 e. The van der Waals surface area contributed by atoms with E-state index in [9.17, 15) is 9.59 Å². The van der Waals surface area contributed by atoms with Gasteiger partial charge in [-0.25, -0.2) is 0 Å². The molecule has 0 saturated carbocycles. The molecule has 1 heterocycles. The smallest absolute Gasteiger partial charge is 0.242 e. The number of rotatable bonds is 6. The highest BCUT2D eigenvalue weighted by molar-refractivity contribution is 5.94. The number of ether oxygens (including phenoxy) is 2. The predicted molar refractivity (Wildman–Crippen MR) is 104 cm³/mol. The molecule has 6 heteroatoms. The van der Waals surface area contributed by atoms with Crippen molar-refractivity contribution in [3.63, 3.8) is 0 Å². The van der Waals surface area contributed by atoms with Crippen LogP contribution in [0.2, 0.25) is 0 Å². The third-order valence-electron chi connectivity index (χ3n) is 4.81. The summed E-state index contributed by atoms with van der Waals surface area (Å²) in [7, 11) is 3.23. The van der Waals surface area contributed by atoms with E-state index in [1.807, 2.05) is 29.2 Å². The Kier molecular flexibility index (Phi) is 5.64. The standard InChI is InChI=1S/C21H24N2O4/c1-14(24)15-4-6-18(7-5-15)22-12-21(25)23-9-8-16-10-19(26-2)20(27-3)11-17(16)13-23/h4-7,10-11,22H,8-9,12-13H2,1-3H3. The Morgan fingerprint density at radius 1 is 1.04 bits per heavy atom. The SMILES string of the molecule is COc1cc2c(cc1OC)CN(C(=O)CNc1ccc(C(C)=O)cc1)CC2. The molecule has 27 heavy (non-hydrogen) atoms. The van der Waals surface area contributed by atoms with Gasteiger partial charge in [0.1, 0.15) is 0 Å². The number of hydrogen-bond acceptors (Lipinski definition) is 5. The molecular weight excluding hydrogens is 344 g/mol. The molecule has 0 aliphatic carbocycles. The van der Waals surface area contributed by atoms with Gasteiger partial charge in [0, 0.05) is 24.3 Å². The summed E-state index contributed by atoms with van der Waals surface area (Å²) < 4.78 is 10.7. The van der Waals surface area contributed by atoms with Gasteiger partial charge >= 0.3 is 0 Å². The van der Waals surface area contributed by atoms with Crippen molar-refractivity contribution < 1.29 is 19.1 Å². The van der Waals surface area contributed by atoms with E-state index < -0.39 is 0 Å². The van der Waals surface area contributed by atoms with Crippen LogP contribution in [0.3, 0.4) is 0 Å². The van der Waals surface area contributed by atoms with Crippen LogP contribution in [0.4, 0.5) is 5.69 Å². The van der Waals surface area contributed by atoms with Crippen molar-refractivity contribution in [2.24, 2.45) is 0 Å². The van der Waals surface area contributed by atoms with Crippen molar-refractivity contribution in [2.45, 2.75) is 19.9 Å². The second-order valence-corrected chi connectivity index (χ2v) is 6.53. The molecule has 1 aliphatic rings. The monoisotopic (exact) mass is 368 g/mol. The molecule has 0 atom stereocenters. The van der Waals surface area contributed by atoms with Crippen LogP contribution in [-0.2, 0) is 17.8 Å². The Labute approximate surface area is 159 Å². The zero-order chi connectivity index (χ0) is 19.4. The Balaban J connectivity index is 1.62. The molecular formula is C21H24N2O4. The van der Waals surface area contributed by atoms with Gasteiger partial charge in [-0.3, -0.25) is 9.59 Å². The summed E-state index contributed by atoms with van der Waals surface area (Å²) >= 11 is 0. The molecule has 0 radical (unpaired) electrons. The molecule has 1 aliphatic heterocycles. The van der Waals surface area contributed by atoms with Crippen LogP contribution in [-0.4, -0.2) is 43.9 Å². The summed E-state index contributed by atoms with van der Waals surface area (Å²) in [6.07, 6.45) is 0.786. The van der Waals surface area contributed by atoms with Gasteiger partial charge in [0.25, 0.3) is 0 Å². The lowest BCUT2D eigenvalue weighted by molar-refractivity contribution is -0.130. The molecule has 0 aromatic heterocycles. The van der Waals surface area contributed by atoms with Gasteiger partial charge in [-0.05, 0) is 60.9 Å². The van der Waals surface area contributed by atoms with Gasteiger partial charge in [-0.1, -0.05) is 0 Å². The number of ketones is 1. The van der Waals surface area contributed by atoms with Gasteiger partial charge in [0.2, 0.25) is 5.91 Å². The molecule has 3 rings (SSSR count). The third kappa shape index (κ3) is 4.22. The average molecular weight is 368 g/mol. The summed E-state index contributed by atoms with van der Waals surface area (Å²) in [4.78, 5) is 25.7. The topological polar surface area (TPSA) is 67.9 Å². The van der Waals surface area contributed by atoms with Gasteiger partial charge in [0.15, 0.2) is 17.3 Å². The van der Waals surface area contributed by atoms with Gasteiger partial charge in [0.05, 0.1) is 20.8 Å². The first-order chi connectivity index (χ1) is 13.0. The fourth-order valence-electron chi connectivity index (χ4n) is 3.21. The highest BCUT2D eigenvalue weighted by atomic mass is 16.5. The highest BCUT2D eigenvalue weighted by Crippen LogP contribution is 2.33. The first kappa shape index (κ1) is 18.8. The number of methoxy groups -OCH3 is 2. The quantitative estimate of drug-likeness (QED) is 0.794. The van der Waals surface area contributed by atoms with E-state index in [-0.39, 0.29) is 18.2 Å². The minimum atomic E-state index is 0.0247. The fraction of sp³-hybridized carbons (Fsp3) is 0.333. The summed E-state index contributed by atoms with van der Waals surface area (Å²) in [6.45, 7) is 2.97. The fourth-order valence-corrected chi connectivity index (χ4v) is 3.21. The average Bonchev–Trinajstić information content (AvgIpc) is 2.70. The number of anilines is 1. The van der Waals surface area contributed by atoms with E-state index >= 15 is 0 Å². The van der Waals surface area contributed by atoms with Crippen molar-refractivity contribution >= 4 is 17.4 Å². The zero-order valence-corrected chi connectivity index (χ0v) is 15.9. The third-order valence-corrected chi connectivity index (χ3v) is 4.81. The second-order valence-electron chi connectivity index (χ2n) is 6.53. The van der Waals surface area contributed by atoms with Crippen molar-refractivity contribution in [3.8, 4) is 11.5 Å². The van der Waals surface area contributed by atoms with Crippen molar-refractivity contribution in [3.05, 3.63) is 53.1 Å². The molecule has 1 amide bonds. The molecule has 0 spiro atoms. The minimum absolute atomic E-state index is 0.0247. The molecule has 0 saturated heterocycles. The lowest BCUT2D eigenvalue weighted by Gasteiger charge is -2.30. The molecule has 6 nitrogen and oxygen atoms in total. The number of fused-ring (bicyclic) bond motifs is 1. The van der Waals surface area contributed by atoms with Gasteiger partial charge < -0.3 is 19.7 Å². The van der Waals surface area contributed by atoms with Crippen molar-refractivity contribution in [2.75, 3.05) is 32.6 Å². The Hall–Kier alpha value is -3.02. The van der Waals surface area contributed by atoms with E-state index in [4.69, 9.17) is 9.47 Å². The number of carbonyl (C=O) groups excluding carboxylic acids is 2. The Bertz CT molecular complexity index is 846. The lowest BCUT2D eigenvalue weighted by Crippen LogP contribution is -2.39. The molecule has 2 aromatic rings. The Morgan fingerprint density at radius 3 is 2.26 bits per heavy atom. The minimum Gasteiger partial charge on any atom is -0.493 e. The molecule has 0 unspecified atom stereocenters. The van der Waals surface area contributed by atoms with E-state index in [1.54, 1.807) is 26.4 Å². The normalized spacial score (nSPS) is 12.9. The second kappa shape index (κ2) is 8.12. The van der Waals surface area contributed by atoms with E-state index in [0.717, 1.165) is 17.7 Å². The van der Waals surface area contributed by atoms with Crippen LogP contribution < -0.4 is 14.8 Å². The van der Waals surface area contributed by atoms with Crippen LogP contribution in [0.1, 0.15) is 28.4 Å². The van der Waals surface area contributed by atoms with Crippen LogP contribution in [0.15, 0.2) is 36.4 Å². The molecule has 0 fully saturated rings. The van der Waals surface area contributed by atoms with E-state index in [0.29, 0.717) is 30.2 Å². The number of hydrogen-bond donors (Lipinski definition) is 1. The number of nitrogens with zero attached hydrogens (tertiary/aromatic N) is 1. The number of Topliss-reactive ketones (excluding diaryl/α,β-unsaturated/α-hetero) is 1. The molecule has 2 aromatic carbocycles. The zero-order valence-electron chi connectivity index (χ0n) is 15.9. The summed E-state index contributed by atoms with van der Waals surface area (Å²) in [5.41, 5.74) is 3.74. The number of benzene rings is 2. The van der Waals surface area contributed by atoms with Crippen molar-refractivity contribution in [1.82, 2.24) is 4.90 Å². The molecule has 1 N–H and O–H groups in total. The predicted octanol–water partition coefficient (Wildman–Crippen LogP) is 2.90. The maximum Gasteiger partial charge on any atom is 0.242 e. The number of amides is 1. The maximum absolute atomic E-state index is 12.6. The first-order valence-electron chi connectivity index (χ1n) is 8.88. The molecule has 0 bridgehead atoms. The molecule has 142 valence electrons. The summed E-state index contributed by atoms with van der Waals surface area (Å²) in [5, 5.41) is 3.13. The van der Waals surface area contributed by atoms with E-state index in [1.165, 1.54) is 12.5 Å². The Morgan fingerprint density at radius 2 is 1.67 bits per heavy atom. The van der Waals surface area contributed by atoms with Crippen LogP contribution in [0, 0.1) is 0 Å². The van der Waals surface area contributed by atoms with E-state index in [2.05, 4.69) is 5.32 Å². The van der Waals surface area contributed by atoms with Crippen LogP contribution in [0.5, 0.6) is 11.5 Å². The highest BCUT2D eigenvalue weighted by Gasteiger charge is 2.22. The number of nitrogens with one attached hydrogen (secondary N) is 1.